The number of nitrogens with zero attached hydrogens (tertiary/aromatic N) is 1. The van der Waals surface area contributed by atoms with Gasteiger partial charge in [0.15, 0.2) is 6.10 Å². The molecular weight excluding hydrogens is 352 g/mol. The molecule has 27 heavy (non-hydrogen) atoms. The number of urea groups is 1. The van der Waals surface area contributed by atoms with Crippen molar-refractivity contribution in [2.75, 3.05) is 23.7 Å². The van der Waals surface area contributed by atoms with Gasteiger partial charge in [-0.15, -0.1) is 0 Å². The number of ether oxygens (including phenoxy) is 1. The van der Waals surface area contributed by atoms with Gasteiger partial charge in [0.1, 0.15) is 0 Å². The Kier molecular flexibility index (Phi) is 6.75. The van der Waals surface area contributed by atoms with E-state index in [1.807, 2.05) is 0 Å². The maximum atomic E-state index is 12.2. The molecule has 1 aromatic rings. The Hall–Kier alpha value is -3.10. The fourth-order valence-electron chi connectivity index (χ4n) is 2.74. The molecule has 0 aliphatic carbocycles. The van der Waals surface area contributed by atoms with Crippen LogP contribution in [0, 0.1) is 5.92 Å². The van der Waals surface area contributed by atoms with E-state index in [-0.39, 0.29) is 11.8 Å². The molecule has 9 nitrogen and oxygen atoms in total. The smallest absolute Gasteiger partial charge is 0.314 e. The first kappa shape index (κ1) is 20.2. The molecule has 0 spiro atoms. The van der Waals surface area contributed by atoms with Crippen molar-refractivity contribution in [3.05, 3.63) is 24.3 Å². The Morgan fingerprint density at radius 1 is 1.07 bits per heavy atom. The monoisotopic (exact) mass is 376 g/mol. The number of piperidine rings is 1. The molecule has 0 aromatic heterocycles. The molecule has 1 saturated heterocycles. The summed E-state index contributed by atoms with van der Waals surface area (Å²) in [5.74, 6) is -1.45. The number of nitrogens with one attached hydrogen (secondary N) is 2. The third-order valence-corrected chi connectivity index (χ3v) is 4.27. The minimum Gasteiger partial charge on any atom is -0.452 e. The highest BCUT2D eigenvalue weighted by Crippen LogP contribution is 2.20. The van der Waals surface area contributed by atoms with Crippen molar-refractivity contribution in [2.45, 2.75) is 32.8 Å². The lowest BCUT2D eigenvalue weighted by atomic mass is 9.97. The second-order valence-corrected chi connectivity index (χ2v) is 6.43. The average molecular weight is 376 g/mol. The fraction of sp³-hybridized carbons (Fsp3) is 0.444. The largest absolute Gasteiger partial charge is 0.452 e. The Balaban J connectivity index is 1.82. The number of amides is 4. The van der Waals surface area contributed by atoms with Crippen LogP contribution in [0.25, 0.3) is 0 Å². The summed E-state index contributed by atoms with van der Waals surface area (Å²) in [6.07, 6.45) is -0.0387. The first-order chi connectivity index (χ1) is 12.8. The SMILES string of the molecule is CC(=O)Nc1ccc(NC(=O)[C@@H](C)OC(=O)C2CCN(C(N)=O)CC2)cc1. The number of anilines is 2. The van der Waals surface area contributed by atoms with Crippen LogP contribution >= 0.6 is 0 Å². The van der Waals surface area contributed by atoms with E-state index in [2.05, 4.69) is 10.6 Å². The van der Waals surface area contributed by atoms with Crippen LogP contribution in [0.15, 0.2) is 24.3 Å². The maximum absolute atomic E-state index is 12.2. The molecule has 1 fully saturated rings. The van der Waals surface area contributed by atoms with Crippen LogP contribution in [0.3, 0.4) is 0 Å². The van der Waals surface area contributed by atoms with Crippen LogP contribution in [-0.2, 0) is 19.1 Å². The number of likely N-dealkylation sites (tertiary alicyclic amines) is 1. The average Bonchev–Trinajstić information content (AvgIpc) is 2.62. The Morgan fingerprint density at radius 3 is 2.07 bits per heavy atom. The van der Waals surface area contributed by atoms with Gasteiger partial charge in [-0.1, -0.05) is 0 Å². The van der Waals surface area contributed by atoms with E-state index in [0.29, 0.717) is 37.3 Å². The molecule has 1 aliphatic heterocycles. The van der Waals surface area contributed by atoms with Crippen LogP contribution in [0.2, 0.25) is 0 Å². The minimum absolute atomic E-state index is 0.186. The van der Waals surface area contributed by atoms with Crippen LogP contribution in [-0.4, -0.2) is 47.9 Å². The summed E-state index contributed by atoms with van der Waals surface area (Å²) in [7, 11) is 0. The number of rotatable bonds is 5. The quantitative estimate of drug-likeness (QED) is 0.667. The predicted octanol–water partition coefficient (Wildman–Crippen LogP) is 1.31. The topological polar surface area (TPSA) is 131 Å². The molecule has 1 atom stereocenters. The number of esters is 1. The van der Waals surface area contributed by atoms with Gasteiger partial charge in [-0.25, -0.2) is 4.79 Å². The zero-order valence-corrected chi connectivity index (χ0v) is 15.4. The van der Waals surface area contributed by atoms with Crippen molar-refractivity contribution < 1.29 is 23.9 Å². The summed E-state index contributed by atoms with van der Waals surface area (Å²) in [5.41, 5.74) is 6.35. The highest BCUT2D eigenvalue weighted by atomic mass is 16.5. The molecule has 146 valence electrons. The maximum Gasteiger partial charge on any atom is 0.314 e. The van der Waals surface area contributed by atoms with Gasteiger partial charge in [0, 0.05) is 31.4 Å². The molecule has 4 N–H and O–H groups in total. The Morgan fingerprint density at radius 2 is 1.59 bits per heavy atom. The molecule has 0 bridgehead atoms. The first-order valence-corrected chi connectivity index (χ1v) is 8.69. The van der Waals surface area contributed by atoms with Gasteiger partial charge in [-0.2, -0.15) is 0 Å². The second-order valence-electron chi connectivity index (χ2n) is 6.43. The van der Waals surface area contributed by atoms with Gasteiger partial charge in [-0.3, -0.25) is 14.4 Å². The third-order valence-electron chi connectivity index (χ3n) is 4.27. The molecular formula is C18H24N4O5. The van der Waals surface area contributed by atoms with Gasteiger partial charge in [0.2, 0.25) is 5.91 Å². The van der Waals surface area contributed by atoms with Crippen LogP contribution in [0.5, 0.6) is 0 Å². The molecule has 1 heterocycles. The van der Waals surface area contributed by atoms with E-state index < -0.39 is 24.0 Å². The van der Waals surface area contributed by atoms with Crippen molar-refractivity contribution in [3.8, 4) is 0 Å². The van der Waals surface area contributed by atoms with E-state index in [1.54, 1.807) is 24.3 Å². The number of benzene rings is 1. The second kappa shape index (κ2) is 9.02. The minimum atomic E-state index is -0.957. The zero-order chi connectivity index (χ0) is 20.0. The zero-order valence-electron chi connectivity index (χ0n) is 15.4. The van der Waals surface area contributed by atoms with E-state index in [0.717, 1.165) is 0 Å². The standard InChI is InChI=1S/C18H24N4O5/c1-11(27-17(25)13-7-9-22(10-8-13)18(19)26)16(24)21-15-5-3-14(4-6-15)20-12(2)23/h3-6,11,13H,7-10H2,1-2H3,(H2,19,26)(H,20,23)(H,21,24)/t11-/m1/s1. The summed E-state index contributed by atoms with van der Waals surface area (Å²) in [6.45, 7) is 3.70. The molecule has 0 unspecified atom stereocenters. The molecule has 1 aliphatic rings. The van der Waals surface area contributed by atoms with E-state index in [9.17, 15) is 19.2 Å². The lowest BCUT2D eigenvalue weighted by molar-refractivity contribution is -0.158. The van der Waals surface area contributed by atoms with E-state index in [1.165, 1.54) is 18.7 Å². The summed E-state index contributed by atoms with van der Waals surface area (Å²) >= 11 is 0. The van der Waals surface area contributed by atoms with Crippen molar-refractivity contribution in [1.82, 2.24) is 4.90 Å². The van der Waals surface area contributed by atoms with Crippen molar-refractivity contribution in [3.63, 3.8) is 0 Å². The van der Waals surface area contributed by atoms with Gasteiger partial charge in [0.05, 0.1) is 5.92 Å². The fourth-order valence-corrected chi connectivity index (χ4v) is 2.74. The number of nitrogens with two attached hydrogens (primary N) is 1. The number of hydrogen-bond acceptors (Lipinski definition) is 5. The molecule has 0 radical (unpaired) electrons. The highest BCUT2D eigenvalue weighted by molar-refractivity contribution is 5.95. The summed E-state index contributed by atoms with van der Waals surface area (Å²) in [6, 6.07) is 6.08. The number of carbonyl (C=O) groups excluding carboxylic acids is 4. The summed E-state index contributed by atoms with van der Waals surface area (Å²) in [4.78, 5) is 48.0. The van der Waals surface area contributed by atoms with Crippen LogP contribution in [0.1, 0.15) is 26.7 Å². The van der Waals surface area contributed by atoms with E-state index >= 15 is 0 Å². The van der Waals surface area contributed by atoms with Crippen molar-refractivity contribution in [1.29, 1.82) is 0 Å². The first-order valence-electron chi connectivity index (χ1n) is 8.69. The third kappa shape index (κ3) is 5.98. The van der Waals surface area contributed by atoms with Gasteiger partial charge >= 0.3 is 12.0 Å². The molecule has 4 amide bonds. The molecule has 2 rings (SSSR count). The molecule has 9 heteroatoms. The van der Waals surface area contributed by atoms with Gasteiger partial charge < -0.3 is 26.0 Å². The number of carbonyl (C=O) groups is 4. The van der Waals surface area contributed by atoms with Gasteiger partial charge in [-0.05, 0) is 44.0 Å². The lowest BCUT2D eigenvalue weighted by Crippen LogP contribution is -2.44. The Labute approximate surface area is 157 Å². The van der Waals surface area contributed by atoms with Crippen LogP contribution < -0.4 is 16.4 Å². The molecule has 0 saturated carbocycles. The lowest BCUT2D eigenvalue weighted by Gasteiger charge is -2.30. The predicted molar refractivity (Wildman–Crippen MR) is 98.8 cm³/mol. The van der Waals surface area contributed by atoms with E-state index in [4.69, 9.17) is 10.5 Å². The van der Waals surface area contributed by atoms with Crippen molar-refractivity contribution in [2.24, 2.45) is 11.7 Å². The van der Waals surface area contributed by atoms with Crippen LogP contribution in [0.4, 0.5) is 16.2 Å². The Bertz CT molecular complexity index is 711. The number of hydrogen-bond donors (Lipinski definition) is 3. The normalized spacial score (nSPS) is 15.6. The van der Waals surface area contributed by atoms with Gasteiger partial charge in [0.25, 0.3) is 5.91 Å². The van der Waals surface area contributed by atoms with Crippen molar-refractivity contribution >= 4 is 35.2 Å². The highest BCUT2D eigenvalue weighted by Gasteiger charge is 2.29. The number of primary amides is 1. The summed E-state index contributed by atoms with van der Waals surface area (Å²) < 4.78 is 5.25. The summed E-state index contributed by atoms with van der Waals surface area (Å²) in [5, 5.41) is 5.28. The molecule has 1 aromatic carbocycles.